The highest BCUT2D eigenvalue weighted by atomic mass is 16.4. The van der Waals surface area contributed by atoms with E-state index in [1.54, 1.807) is 22.8 Å². The second-order valence-corrected chi connectivity index (χ2v) is 12.6. The molecule has 2 heterocycles. The van der Waals surface area contributed by atoms with Crippen LogP contribution in [0.25, 0.3) is 0 Å². The van der Waals surface area contributed by atoms with Crippen molar-refractivity contribution in [1.29, 1.82) is 0 Å². The fourth-order valence-corrected chi connectivity index (χ4v) is 9.43. The zero-order valence-corrected chi connectivity index (χ0v) is 21.2. The Bertz CT molecular complexity index is 1060. The molecule has 190 valence electrons. The van der Waals surface area contributed by atoms with E-state index in [0.29, 0.717) is 35.6 Å². The summed E-state index contributed by atoms with van der Waals surface area (Å²) in [4.78, 5) is 25.1. The van der Waals surface area contributed by atoms with Crippen molar-refractivity contribution in [1.82, 2.24) is 10.2 Å². The average Bonchev–Trinajstić information content (AvgIpc) is 3.21. The molecule has 6 heteroatoms. The second-order valence-electron chi connectivity index (χ2n) is 12.6. The zero-order chi connectivity index (χ0) is 24.4. The molecule has 4 aliphatic carbocycles. The van der Waals surface area contributed by atoms with E-state index in [1.807, 2.05) is 6.07 Å². The molecule has 3 saturated carbocycles. The van der Waals surface area contributed by atoms with Crippen LogP contribution in [-0.4, -0.2) is 41.8 Å². The fourth-order valence-electron chi connectivity index (χ4n) is 9.43. The lowest BCUT2D eigenvalue weighted by Gasteiger charge is -2.60. The van der Waals surface area contributed by atoms with Crippen LogP contribution < -0.4 is 10.9 Å². The molecule has 0 aromatic carbocycles. The summed E-state index contributed by atoms with van der Waals surface area (Å²) in [6.45, 7) is 7.21. The van der Waals surface area contributed by atoms with E-state index < -0.39 is 6.09 Å². The standard InChI is InChI=1S/C29H40N2O4/c1-28-11-9-18(25-16-30-13-14-31(25)27(33)34)15-20(28)4-5-21-23-7-6-22(19-3-8-26(32)35-17-19)29(23,2)12-10-24(21)28/h3,7-8,17-18,20-22,24-25,30H,4-6,9-16H2,1-2H3,(H,33,34)/t18-,20+,21-,22+,24-,25?,28-,29+/m0/s1. The van der Waals surface area contributed by atoms with E-state index >= 15 is 0 Å². The van der Waals surface area contributed by atoms with Crippen LogP contribution in [0.2, 0.25) is 0 Å². The molecule has 6 rings (SSSR count). The predicted molar refractivity (Wildman–Crippen MR) is 134 cm³/mol. The van der Waals surface area contributed by atoms with Crippen LogP contribution in [0.1, 0.15) is 76.7 Å². The Balaban J connectivity index is 1.20. The van der Waals surface area contributed by atoms with Gasteiger partial charge in [-0.3, -0.25) is 0 Å². The van der Waals surface area contributed by atoms with Crippen molar-refractivity contribution in [2.24, 2.45) is 34.5 Å². The maximum absolute atomic E-state index is 11.9. The van der Waals surface area contributed by atoms with E-state index in [1.165, 1.54) is 44.1 Å². The number of allylic oxidation sites excluding steroid dienone is 2. The quantitative estimate of drug-likeness (QED) is 0.565. The third-order valence-electron chi connectivity index (χ3n) is 11.3. The Labute approximate surface area is 208 Å². The van der Waals surface area contributed by atoms with Gasteiger partial charge in [0.2, 0.25) is 0 Å². The molecule has 5 aliphatic rings. The fraction of sp³-hybridized carbons (Fsp3) is 0.724. The number of hydrogen-bond acceptors (Lipinski definition) is 4. The van der Waals surface area contributed by atoms with Crippen LogP contribution in [0, 0.1) is 34.5 Å². The summed E-state index contributed by atoms with van der Waals surface area (Å²) in [5, 5.41) is 13.2. The summed E-state index contributed by atoms with van der Waals surface area (Å²) in [7, 11) is 0. The van der Waals surface area contributed by atoms with Crippen molar-refractivity contribution in [3.8, 4) is 0 Å². The number of nitrogens with one attached hydrogen (secondary N) is 1. The van der Waals surface area contributed by atoms with Crippen molar-refractivity contribution in [2.75, 3.05) is 19.6 Å². The van der Waals surface area contributed by atoms with Gasteiger partial charge in [0.15, 0.2) is 0 Å². The molecule has 1 unspecified atom stereocenters. The third-order valence-corrected chi connectivity index (χ3v) is 11.3. The minimum absolute atomic E-state index is 0.127. The Morgan fingerprint density at radius 1 is 1.17 bits per heavy atom. The van der Waals surface area contributed by atoms with Crippen LogP contribution in [0.4, 0.5) is 4.79 Å². The van der Waals surface area contributed by atoms with Gasteiger partial charge in [-0.1, -0.05) is 25.5 Å². The monoisotopic (exact) mass is 480 g/mol. The number of piperazine rings is 1. The first-order valence-corrected chi connectivity index (χ1v) is 13.8. The lowest BCUT2D eigenvalue weighted by Crippen LogP contribution is -2.58. The topological polar surface area (TPSA) is 82.8 Å². The lowest BCUT2D eigenvalue weighted by molar-refractivity contribution is -0.0756. The molecule has 8 atom stereocenters. The SMILES string of the molecule is C[C@]12CC[C@H](C3CNCCN3C(=O)O)C[C@H]1CC[C@H]1C3=CC[C@H](c4ccc(=O)oc4)[C@@]3(C)CC[C@@H]12. The van der Waals surface area contributed by atoms with E-state index in [9.17, 15) is 14.7 Å². The summed E-state index contributed by atoms with van der Waals surface area (Å²) in [6, 6.07) is 3.67. The van der Waals surface area contributed by atoms with Crippen molar-refractivity contribution < 1.29 is 14.3 Å². The smallest absolute Gasteiger partial charge is 0.407 e. The highest BCUT2D eigenvalue weighted by molar-refractivity contribution is 5.65. The van der Waals surface area contributed by atoms with Gasteiger partial charge >= 0.3 is 11.7 Å². The van der Waals surface area contributed by atoms with Gasteiger partial charge in [0, 0.05) is 25.7 Å². The molecule has 1 aliphatic heterocycles. The zero-order valence-electron chi connectivity index (χ0n) is 21.2. The van der Waals surface area contributed by atoms with Crippen LogP contribution in [-0.2, 0) is 0 Å². The third kappa shape index (κ3) is 3.61. The van der Waals surface area contributed by atoms with Gasteiger partial charge in [0.05, 0.1) is 12.3 Å². The number of fused-ring (bicyclic) bond motifs is 5. The van der Waals surface area contributed by atoms with Gasteiger partial charge < -0.3 is 19.7 Å². The van der Waals surface area contributed by atoms with Crippen molar-refractivity contribution >= 4 is 6.09 Å². The minimum Gasteiger partial charge on any atom is -0.465 e. The van der Waals surface area contributed by atoms with E-state index in [2.05, 4.69) is 25.2 Å². The number of amides is 1. The molecular formula is C29H40N2O4. The Morgan fingerprint density at radius 3 is 2.80 bits per heavy atom. The molecule has 1 aromatic heterocycles. The molecular weight excluding hydrogens is 440 g/mol. The van der Waals surface area contributed by atoms with E-state index in [0.717, 1.165) is 31.8 Å². The maximum atomic E-state index is 11.9. The van der Waals surface area contributed by atoms with Crippen LogP contribution >= 0.6 is 0 Å². The van der Waals surface area contributed by atoms with Gasteiger partial charge in [-0.15, -0.1) is 0 Å². The summed E-state index contributed by atoms with van der Waals surface area (Å²) >= 11 is 0. The molecule has 0 radical (unpaired) electrons. The first kappa shape index (κ1) is 23.3. The number of carboxylic acid groups (broad SMARTS) is 1. The van der Waals surface area contributed by atoms with Crippen LogP contribution in [0.15, 0.2) is 39.3 Å². The molecule has 4 fully saturated rings. The summed E-state index contributed by atoms with van der Waals surface area (Å²) in [5.41, 5.74) is 3.10. The number of hydrogen-bond donors (Lipinski definition) is 2. The molecule has 35 heavy (non-hydrogen) atoms. The Morgan fingerprint density at radius 2 is 2.03 bits per heavy atom. The van der Waals surface area contributed by atoms with Crippen molar-refractivity contribution in [3.05, 3.63) is 46.0 Å². The van der Waals surface area contributed by atoms with Gasteiger partial charge in [0.25, 0.3) is 0 Å². The highest BCUT2D eigenvalue weighted by Crippen LogP contribution is 2.67. The normalized spacial score (nSPS) is 43.0. The molecule has 1 saturated heterocycles. The molecule has 6 nitrogen and oxygen atoms in total. The second kappa shape index (κ2) is 8.50. The summed E-state index contributed by atoms with van der Waals surface area (Å²) in [6.07, 6.45) is 13.1. The first-order chi connectivity index (χ1) is 16.8. The van der Waals surface area contributed by atoms with Crippen LogP contribution in [0.5, 0.6) is 0 Å². The number of rotatable bonds is 2. The first-order valence-electron chi connectivity index (χ1n) is 13.8. The molecule has 0 bridgehead atoms. The van der Waals surface area contributed by atoms with E-state index in [4.69, 9.17) is 4.42 Å². The van der Waals surface area contributed by atoms with Crippen LogP contribution in [0.3, 0.4) is 0 Å². The predicted octanol–water partition coefficient (Wildman–Crippen LogP) is 5.25. The lowest BCUT2D eigenvalue weighted by atomic mass is 9.45. The number of nitrogens with zero attached hydrogens (tertiary/aromatic N) is 1. The van der Waals surface area contributed by atoms with E-state index in [-0.39, 0.29) is 17.1 Å². The Hall–Kier alpha value is -2.08. The maximum Gasteiger partial charge on any atom is 0.407 e. The van der Waals surface area contributed by atoms with Gasteiger partial charge in [0.1, 0.15) is 0 Å². The average molecular weight is 481 g/mol. The van der Waals surface area contributed by atoms with Gasteiger partial charge in [-0.2, -0.15) is 0 Å². The van der Waals surface area contributed by atoms with Gasteiger partial charge in [-0.05, 0) is 103 Å². The highest BCUT2D eigenvalue weighted by Gasteiger charge is 2.58. The Kier molecular flexibility index (Phi) is 5.66. The largest absolute Gasteiger partial charge is 0.465 e. The van der Waals surface area contributed by atoms with Crippen molar-refractivity contribution in [3.63, 3.8) is 0 Å². The molecule has 2 N–H and O–H groups in total. The summed E-state index contributed by atoms with van der Waals surface area (Å²) < 4.78 is 5.25. The number of carbonyl (C=O) groups is 1. The van der Waals surface area contributed by atoms with Crippen molar-refractivity contribution in [2.45, 2.75) is 77.2 Å². The summed E-state index contributed by atoms with van der Waals surface area (Å²) in [5.74, 6) is 2.98. The molecule has 0 spiro atoms. The molecule has 1 aromatic rings. The molecule has 1 amide bonds. The van der Waals surface area contributed by atoms with Gasteiger partial charge in [-0.25, -0.2) is 9.59 Å². The minimum atomic E-state index is -0.750.